The highest BCUT2D eigenvalue weighted by atomic mass is 127. The van der Waals surface area contributed by atoms with E-state index in [-0.39, 0.29) is 29.9 Å². The van der Waals surface area contributed by atoms with Gasteiger partial charge >= 0.3 is 0 Å². The molecule has 3 aromatic rings. The Balaban J connectivity index is 0.00000320. The number of hydrogen-bond acceptors (Lipinski definition) is 3. The molecule has 7 heteroatoms. The van der Waals surface area contributed by atoms with Crippen LogP contribution in [0.15, 0.2) is 64.0 Å². The van der Waals surface area contributed by atoms with Gasteiger partial charge in [-0.2, -0.15) is 0 Å². The standard InChI is InChI=1S/C23H28N4O2.HI/c1-4-24-23(26-16-20-15-18-9-5-6-11-21(18)29-20)25-13-12-17-8-7-10-19(14-17)22(28)27(2)3;/h5-11,14-15H,4,12-13,16H2,1-3H3,(H2,24,25,26);1H. The molecule has 30 heavy (non-hydrogen) atoms. The van der Waals surface area contributed by atoms with Crippen molar-refractivity contribution in [3.63, 3.8) is 0 Å². The number of benzene rings is 2. The van der Waals surface area contributed by atoms with Gasteiger partial charge in [-0.15, -0.1) is 24.0 Å². The molecule has 1 heterocycles. The van der Waals surface area contributed by atoms with Gasteiger partial charge in [-0.1, -0.05) is 30.3 Å². The average molecular weight is 520 g/mol. The molecule has 0 aliphatic rings. The molecule has 0 bridgehead atoms. The van der Waals surface area contributed by atoms with Crippen molar-refractivity contribution in [2.45, 2.75) is 19.9 Å². The van der Waals surface area contributed by atoms with E-state index in [1.54, 1.807) is 19.0 Å². The lowest BCUT2D eigenvalue weighted by atomic mass is 10.1. The number of nitrogens with zero attached hydrogens (tertiary/aromatic N) is 2. The predicted molar refractivity (Wildman–Crippen MR) is 133 cm³/mol. The number of aliphatic imine (C=N–C) groups is 1. The summed E-state index contributed by atoms with van der Waals surface area (Å²) in [5.74, 6) is 1.59. The topological polar surface area (TPSA) is 69.9 Å². The van der Waals surface area contributed by atoms with Crippen LogP contribution in [0.4, 0.5) is 0 Å². The second kappa shape index (κ2) is 11.6. The maximum absolute atomic E-state index is 12.1. The molecule has 3 rings (SSSR count). The Kier molecular flexibility index (Phi) is 9.16. The van der Waals surface area contributed by atoms with Crippen LogP contribution in [-0.4, -0.2) is 44.0 Å². The third kappa shape index (κ3) is 6.48. The third-order valence-corrected chi connectivity index (χ3v) is 4.50. The molecule has 1 aromatic heterocycles. The number of amides is 1. The Bertz CT molecular complexity index is 965. The lowest BCUT2D eigenvalue weighted by Crippen LogP contribution is -2.38. The highest BCUT2D eigenvalue weighted by molar-refractivity contribution is 14.0. The quantitative estimate of drug-likeness (QED) is 0.280. The van der Waals surface area contributed by atoms with Crippen LogP contribution in [0.5, 0.6) is 0 Å². The first-order valence-corrected chi connectivity index (χ1v) is 9.87. The lowest BCUT2D eigenvalue weighted by molar-refractivity contribution is 0.0827. The zero-order chi connectivity index (χ0) is 20.6. The molecule has 0 saturated carbocycles. The number of nitrogens with one attached hydrogen (secondary N) is 2. The number of para-hydroxylation sites is 1. The zero-order valence-corrected chi connectivity index (χ0v) is 20.0. The maximum atomic E-state index is 12.1. The van der Waals surface area contributed by atoms with Crippen LogP contribution in [0.2, 0.25) is 0 Å². The van der Waals surface area contributed by atoms with Crippen LogP contribution in [0, 0.1) is 0 Å². The number of rotatable bonds is 7. The van der Waals surface area contributed by atoms with Crippen LogP contribution in [0.3, 0.4) is 0 Å². The molecule has 2 aromatic carbocycles. The fourth-order valence-corrected chi connectivity index (χ4v) is 3.06. The summed E-state index contributed by atoms with van der Waals surface area (Å²) in [7, 11) is 3.52. The van der Waals surface area contributed by atoms with E-state index < -0.39 is 0 Å². The fourth-order valence-electron chi connectivity index (χ4n) is 3.06. The van der Waals surface area contributed by atoms with Crippen molar-refractivity contribution in [2.24, 2.45) is 4.99 Å². The molecule has 0 radical (unpaired) electrons. The highest BCUT2D eigenvalue weighted by Crippen LogP contribution is 2.19. The molecular weight excluding hydrogens is 491 g/mol. The number of carbonyl (C=O) groups excluding carboxylic acids is 1. The molecule has 0 aliphatic carbocycles. The van der Waals surface area contributed by atoms with Crippen LogP contribution in [0.1, 0.15) is 28.6 Å². The molecule has 0 fully saturated rings. The molecule has 0 aliphatic heterocycles. The number of furan rings is 1. The van der Waals surface area contributed by atoms with Crippen LogP contribution >= 0.6 is 24.0 Å². The van der Waals surface area contributed by atoms with Crippen LogP contribution < -0.4 is 10.6 Å². The van der Waals surface area contributed by atoms with Gasteiger partial charge in [-0.05, 0) is 43.2 Å². The summed E-state index contributed by atoms with van der Waals surface area (Å²) in [5, 5.41) is 7.69. The Hall–Kier alpha value is -2.55. The van der Waals surface area contributed by atoms with E-state index in [2.05, 4.69) is 15.6 Å². The number of guanidine groups is 1. The molecule has 1 amide bonds. The van der Waals surface area contributed by atoms with E-state index in [4.69, 9.17) is 4.42 Å². The number of carbonyl (C=O) groups is 1. The Morgan fingerprint density at radius 3 is 2.60 bits per heavy atom. The molecule has 0 spiro atoms. The summed E-state index contributed by atoms with van der Waals surface area (Å²) >= 11 is 0. The van der Waals surface area contributed by atoms with Crippen molar-refractivity contribution in [3.8, 4) is 0 Å². The van der Waals surface area contributed by atoms with Gasteiger partial charge < -0.3 is 20.0 Å². The maximum Gasteiger partial charge on any atom is 0.253 e. The van der Waals surface area contributed by atoms with Gasteiger partial charge in [0, 0.05) is 38.1 Å². The Morgan fingerprint density at radius 2 is 1.87 bits per heavy atom. The van der Waals surface area contributed by atoms with Gasteiger partial charge in [-0.3, -0.25) is 4.79 Å². The summed E-state index contributed by atoms with van der Waals surface area (Å²) in [6.45, 7) is 4.00. The van der Waals surface area contributed by atoms with Gasteiger partial charge in [-0.25, -0.2) is 4.99 Å². The molecule has 160 valence electrons. The normalized spacial score (nSPS) is 11.1. The summed E-state index contributed by atoms with van der Waals surface area (Å²) in [4.78, 5) is 18.3. The third-order valence-electron chi connectivity index (χ3n) is 4.50. The Labute approximate surface area is 194 Å². The van der Waals surface area contributed by atoms with Crippen molar-refractivity contribution in [2.75, 3.05) is 27.2 Å². The Morgan fingerprint density at radius 1 is 1.07 bits per heavy atom. The van der Waals surface area contributed by atoms with E-state index in [9.17, 15) is 4.79 Å². The fraction of sp³-hybridized carbons (Fsp3) is 0.304. The first-order valence-electron chi connectivity index (χ1n) is 9.87. The smallest absolute Gasteiger partial charge is 0.253 e. The molecule has 2 N–H and O–H groups in total. The zero-order valence-electron chi connectivity index (χ0n) is 17.6. The number of hydrogen-bond donors (Lipinski definition) is 2. The number of fused-ring (bicyclic) bond motifs is 1. The van der Waals surface area contributed by atoms with E-state index in [1.165, 1.54) is 0 Å². The summed E-state index contributed by atoms with van der Waals surface area (Å²) in [6.07, 6.45) is 0.795. The van der Waals surface area contributed by atoms with Crippen molar-refractivity contribution in [1.82, 2.24) is 15.5 Å². The SMILES string of the molecule is CCNC(=NCc1cc2ccccc2o1)NCCc1cccc(C(=O)N(C)C)c1.I. The predicted octanol–water partition coefficient (Wildman–Crippen LogP) is 4.05. The largest absolute Gasteiger partial charge is 0.459 e. The van der Waals surface area contributed by atoms with E-state index >= 15 is 0 Å². The molecule has 6 nitrogen and oxygen atoms in total. The number of halogens is 1. The van der Waals surface area contributed by atoms with Gasteiger partial charge in [0.05, 0.1) is 0 Å². The van der Waals surface area contributed by atoms with Crippen molar-refractivity contribution in [3.05, 3.63) is 71.5 Å². The molecule has 0 unspecified atom stereocenters. The lowest BCUT2D eigenvalue weighted by Gasteiger charge is -2.13. The minimum Gasteiger partial charge on any atom is -0.459 e. The minimum absolute atomic E-state index is 0. The van der Waals surface area contributed by atoms with Crippen molar-refractivity contribution < 1.29 is 9.21 Å². The summed E-state index contributed by atoms with van der Waals surface area (Å²) in [6, 6.07) is 17.7. The van der Waals surface area contributed by atoms with E-state index in [0.717, 1.165) is 41.2 Å². The minimum atomic E-state index is 0. The average Bonchev–Trinajstić information content (AvgIpc) is 3.14. The monoisotopic (exact) mass is 520 g/mol. The second-order valence-corrected chi connectivity index (χ2v) is 7.02. The van der Waals surface area contributed by atoms with Gasteiger partial charge in [0.25, 0.3) is 5.91 Å². The van der Waals surface area contributed by atoms with Gasteiger partial charge in [0.15, 0.2) is 5.96 Å². The van der Waals surface area contributed by atoms with Gasteiger partial charge in [0.1, 0.15) is 17.9 Å². The van der Waals surface area contributed by atoms with Crippen LogP contribution in [0.25, 0.3) is 11.0 Å². The first-order chi connectivity index (χ1) is 14.1. The van der Waals surface area contributed by atoms with Crippen molar-refractivity contribution in [1.29, 1.82) is 0 Å². The van der Waals surface area contributed by atoms with E-state index in [0.29, 0.717) is 18.7 Å². The molecular formula is C23H29IN4O2. The highest BCUT2D eigenvalue weighted by Gasteiger charge is 2.08. The summed E-state index contributed by atoms with van der Waals surface area (Å²) < 4.78 is 5.83. The van der Waals surface area contributed by atoms with Crippen molar-refractivity contribution >= 4 is 46.8 Å². The van der Waals surface area contributed by atoms with E-state index in [1.807, 2.05) is 61.5 Å². The molecule has 0 saturated heterocycles. The van der Waals surface area contributed by atoms with Crippen LogP contribution in [-0.2, 0) is 13.0 Å². The second-order valence-electron chi connectivity index (χ2n) is 7.02. The summed E-state index contributed by atoms with van der Waals surface area (Å²) in [5.41, 5.74) is 2.69. The first kappa shape index (κ1) is 23.7. The molecule has 0 atom stereocenters. The van der Waals surface area contributed by atoms with Gasteiger partial charge in [0.2, 0.25) is 0 Å².